The molecule has 0 bridgehead atoms. The molecule has 0 amide bonds. The molecule has 1 aliphatic rings. The van der Waals surface area contributed by atoms with E-state index in [1.807, 2.05) is 0 Å². The van der Waals surface area contributed by atoms with E-state index in [4.69, 9.17) is 9.47 Å². The summed E-state index contributed by atoms with van der Waals surface area (Å²) >= 11 is 4.54. The van der Waals surface area contributed by atoms with Gasteiger partial charge in [-0.25, -0.2) is 0 Å². The normalized spacial score (nSPS) is 18.2. The van der Waals surface area contributed by atoms with E-state index in [1.165, 1.54) is 27.9 Å². The van der Waals surface area contributed by atoms with Gasteiger partial charge in [0, 0.05) is 0 Å². The first-order chi connectivity index (χ1) is 16.6. The van der Waals surface area contributed by atoms with E-state index in [9.17, 15) is 0 Å². The van der Waals surface area contributed by atoms with Crippen LogP contribution in [0.4, 0.5) is 0 Å². The molecule has 0 radical (unpaired) electrons. The maximum atomic E-state index is 5.93. The first-order valence-corrected chi connectivity index (χ1v) is 16.8. The third-order valence-corrected chi connectivity index (χ3v) is 16.9. The topological polar surface area (TPSA) is 18.5 Å². The summed E-state index contributed by atoms with van der Waals surface area (Å²) in [7, 11) is 0. The zero-order valence-electron chi connectivity index (χ0n) is 20.1. The quantitative estimate of drug-likeness (QED) is 0.202. The van der Waals surface area contributed by atoms with Gasteiger partial charge < -0.3 is 0 Å². The molecule has 1 unspecified atom stereocenters. The van der Waals surface area contributed by atoms with Gasteiger partial charge >= 0.3 is 214 Å². The van der Waals surface area contributed by atoms with Crippen molar-refractivity contribution in [2.24, 2.45) is 0 Å². The zero-order valence-corrected chi connectivity index (χ0v) is 22.6. The molecule has 0 aromatic heterocycles. The molecule has 3 aromatic rings. The maximum absolute atomic E-state index is 5.93. The molecule has 34 heavy (non-hydrogen) atoms. The third-order valence-electron chi connectivity index (χ3n) is 6.88. The van der Waals surface area contributed by atoms with E-state index in [-0.39, 0.29) is 6.29 Å². The SMILES string of the molecule is C/C(=C\COC1CCCCO1)CCCP(Br)(c1ccccc1)(c1ccccc1)c1ccccc1. The van der Waals surface area contributed by atoms with Crippen molar-refractivity contribution in [2.45, 2.75) is 45.3 Å². The fourth-order valence-electron chi connectivity index (χ4n) is 4.95. The van der Waals surface area contributed by atoms with Crippen molar-refractivity contribution < 1.29 is 9.47 Å². The van der Waals surface area contributed by atoms with Crippen LogP contribution in [-0.4, -0.2) is 25.7 Å². The Morgan fingerprint density at radius 3 is 1.88 bits per heavy atom. The first-order valence-electron chi connectivity index (χ1n) is 12.4. The second-order valence-corrected chi connectivity index (χ2v) is 18.3. The summed E-state index contributed by atoms with van der Waals surface area (Å²) in [5.74, 6) is 0. The predicted octanol–water partition coefficient (Wildman–Crippen LogP) is 7.10. The number of hydrogen-bond acceptors (Lipinski definition) is 2. The van der Waals surface area contributed by atoms with Gasteiger partial charge in [0.2, 0.25) is 0 Å². The average Bonchev–Trinajstić information content (AvgIpc) is 2.91. The van der Waals surface area contributed by atoms with Crippen LogP contribution in [0.5, 0.6) is 0 Å². The van der Waals surface area contributed by atoms with Crippen LogP contribution in [-0.2, 0) is 9.47 Å². The summed E-state index contributed by atoms with van der Waals surface area (Å²) in [4.78, 5) is 0. The van der Waals surface area contributed by atoms with Gasteiger partial charge in [-0.15, -0.1) is 0 Å². The predicted molar refractivity (Wildman–Crippen MR) is 151 cm³/mol. The Balaban J connectivity index is 1.59. The van der Waals surface area contributed by atoms with Crippen molar-refractivity contribution >= 4 is 36.7 Å². The molecule has 0 spiro atoms. The molecule has 3 aromatic carbocycles. The second-order valence-electron chi connectivity index (χ2n) is 9.20. The summed E-state index contributed by atoms with van der Waals surface area (Å²) in [5, 5.41) is 1.31. The summed E-state index contributed by atoms with van der Waals surface area (Å²) in [6, 6.07) is 33.1. The van der Waals surface area contributed by atoms with Gasteiger partial charge in [-0.05, 0) is 0 Å². The van der Waals surface area contributed by atoms with Crippen LogP contribution in [0.3, 0.4) is 0 Å². The van der Waals surface area contributed by atoms with E-state index in [0.717, 1.165) is 38.5 Å². The molecule has 1 saturated heterocycles. The molecule has 1 atom stereocenters. The van der Waals surface area contributed by atoms with E-state index in [0.29, 0.717) is 6.61 Å². The monoisotopic (exact) mass is 538 g/mol. The standard InChI is InChI=1S/C30H36BrO2P/c1-26(22-24-33-30-21-11-12-23-32-30)14-13-25-34(31,27-15-5-2-6-16-27,28-17-7-3-8-18-28)29-19-9-4-10-20-29/h2-10,15-20,22,30H,11-14,21,23-25H2,1H3/b26-22+. The molecule has 4 rings (SSSR count). The number of halogens is 1. The van der Waals surface area contributed by atoms with Gasteiger partial charge in [0.25, 0.3) is 0 Å². The van der Waals surface area contributed by atoms with Crippen LogP contribution in [0.1, 0.15) is 39.0 Å². The van der Waals surface area contributed by atoms with Crippen LogP contribution in [0, 0.1) is 0 Å². The van der Waals surface area contributed by atoms with Crippen LogP contribution < -0.4 is 15.9 Å². The average molecular weight is 539 g/mol. The van der Waals surface area contributed by atoms with Crippen molar-refractivity contribution in [2.75, 3.05) is 19.4 Å². The molecular formula is C30H36BrO2P. The van der Waals surface area contributed by atoms with Crippen molar-refractivity contribution in [3.05, 3.63) is 103 Å². The third kappa shape index (κ3) is 5.55. The van der Waals surface area contributed by atoms with E-state index >= 15 is 0 Å². The second kappa shape index (κ2) is 11.8. The van der Waals surface area contributed by atoms with E-state index < -0.39 is 5.31 Å². The minimum atomic E-state index is -2.83. The summed E-state index contributed by atoms with van der Waals surface area (Å²) in [6.07, 6.45) is 8.75. The Morgan fingerprint density at radius 1 is 0.882 bits per heavy atom. The molecular weight excluding hydrogens is 503 g/mol. The Bertz CT molecular complexity index is 948. The Labute approximate surface area is 213 Å². The summed E-state index contributed by atoms with van der Waals surface area (Å²) in [5.41, 5.74) is 1.38. The van der Waals surface area contributed by atoms with Gasteiger partial charge in [0.15, 0.2) is 0 Å². The Kier molecular flexibility index (Phi) is 8.77. The van der Waals surface area contributed by atoms with Crippen LogP contribution in [0.15, 0.2) is 103 Å². The van der Waals surface area contributed by atoms with Crippen molar-refractivity contribution in [1.29, 1.82) is 0 Å². The number of ether oxygens (including phenoxy) is 2. The van der Waals surface area contributed by atoms with E-state index in [2.05, 4.69) is 119 Å². The van der Waals surface area contributed by atoms with Gasteiger partial charge in [-0.3, -0.25) is 0 Å². The van der Waals surface area contributed by atoms with Crippen LogP contribution in [0.25, 0.3) is 0 Å². The molecule has 0 aliphatic carbocycles. The van der Waals surface area contributed by atoms with Crippen molar-refractivity contribution in [1.82, 2.24) is 0 Å². The van der Waals surface area contributed by atoms with Crippen molar-refractivity contribution in [3.8, 4) is 0 Å². The molecule has 4 heteroatoms. The molecule has 1 aliphatic heterocycles. The summed E-state index contributed by atoms with van der Waals surface area (Å²) in [6.45, 7) is 3.68. The van der Waals surface area contributed by atoms with E-state index in [1.54, 1.807) is 0 Å². The number of rotatable bonds is 10. The summed E-state index contributed by atoms with van der Waals surface area (Å²) < 4.78 is 11.6. The Morgan fingerprint density at radius 2 is 1.41 bits per heavy atom. The van der Waals surface area contributed by atoms with Crippen LogP contribution >= 0.6 is 20.8 Å². The van der Waals surface area contributed by atoms with Gasteiger partial charge in [-0.2, -0.15) is 0 Å². The zero-order chi connectivity index (χ0) is 23.7. The van der Waals surface area contributed by atoms with Gasteiger partial charge in [0.1, 0.15) is 0 Å². The van der Waals surface area contributed by atoms with Gasteiger partial charge in [-0.1, -0.05) is 0 Å². The molecule has 1 fully saturated rings. The molecule has 0 saturated carbocycles. The minimum absolute atomic E-state index is 0.0301. The first kappa shape index (κ1) is 25.3. The molecule has 2 nitrogen and oxygen atoms in total. The number of hydrogen-bond donors (Lipinski definition) is 0. The fraction of sp³-hybridized carbons (Fsp3) is 0.333. The number of benzene rings is 3. The molecule has 0 N–H and O–H groups in total. The van der Waals surface area contributed by atoms with Crippen molar-refractivity contribution in [3.63, 3.8) is 0 Å². The Hall–Kier alpha value is -1.77. The molecule has 1 heterocycles. The van der Waals surface area contributed by atoms with Gasteiger partial charge in [0.05, 0.1) is 0 Å². The van der Waals surface area contributed by atoms with Crippen LogP contribution in [0.2, 0.25) is 0 Å². The molecule has 180 valence electrons. The fourth-order valence-corrected chi connectivity index (χ4v) is 12.6. The number of allylic oxidation sites excluding steroid dienone is 1.